The molecule has 8 heteroatoms. The molecular weight excluding hydrogens is 384 g/mol. The molecule has 0 saturated carbocycles. The van der Waals surface area contributed by atoms with Gasteiger partial charge in [0.2, 0.25) is 11.8 Å². The summed E-state index contributed by atoms with van der Waals surface area (Å²) in [5.41, 5.74) is 7.73. The standard InChI is InChI=1S/C22H26N4O4/c1-2-30-22(29)17(10-16-11-24-19-8-4-3-7-18(16)19)12-25-20(27)14-26-9-5-6-15(13-26)21(23)28/h3-5,7-9,11,13,17,24H,2,6,10,12,14H2,1H3,(H2,23,28)(H,25,27). The average molecular weight is 410 g/mol. The first-order chi connectivity index (χ1) is 14.5. The SMILES string of the molecule is CCOC(=O)C(CNC(=O)CN1C=CCC(C(N)=O)=C1)Cc1c[nH]c2ccccc12. The summed E-state index contributed by atoms with van der Waals surface area (Å²) in [4.78, 5) is 41.0. The highest BCUT2D eigenvalue weighted by Crippen LogP contribution is 2.21. The van der Waals surface area contributed by atoms with Gasteiger partial charge in [0, 0.05) is 41.6 Å². The molecule has 2 heterocycles. The van der Waals surface area contributed by atoms with Crippen molar-refractivity contribution in [3.63, 3.8) is 0 Å². The van der Waals surface area contributed by atoms with Gasteiger partial charge in [0.25, 0.3) is 0 Å². The van der Waals surface area contributed by atoms with Crippen LogP contribution >= 0.6 is 0 Å². The molecule has 8 nitrogen and oxygen atoms in total. The lowest BCUT2D eigenvalue weighted by molar-refractivity contribution is -0.147. The van der Waals surface area contributed by atoms with Crippen molar-refractivity contribution in [2.45, 2.75) is 19.8 Å². The van der Waals surface area contributed by atoms with E-state index >= 15 is 0 Å². The molecule has 1 aromatic carbocycles. The number of aromatic nitrogens is 1. The van der Waals surface area contributed by atoms with Crippen LogP contribution in [0.4, 0.5) is 0 Å². The molecule has 158 valence electrons. The van der Waals surface area contributed by atoms with E-state index in [-0.39, 0.29) is 31.6 Å². The molecule has 0 saturated heterocycles. The van der Waals surface area contributed by atoms with Crippen molar-refractivity contribution in [3.8, 4) is 0 Å². The van der Waals surface area contributed by atoms with Crippen LogP contribution in [0, 0.1) is 5.92 Å². The molecule has 0 aliphatic carbocycles. The zero-order valence-corrected chi connectivity index (χ0v) is 16.9. The molecule has 0 bridgehead atoms. The van der Waals surface area contributed by atoms with Crippen molar-refractivity contribution in [1.82, 2.24) is 15.2 Å². The molecule has 1 unspecified atom stereocenters. The normalized spacial score (nSPS) is 14.3. The highest BCUT2D eigenvalue weighted by molar-refractivity contribution is 5.92. The van der Waals surface area contributed by atoms with Gasteiger partial charge in [0.15, 0.2) is 0 Å². The summed E-state index contributed by atoms with van der Waals surface area (Å²) in [6.07, 6.45) is 7.83. The van der Waals surface area contributed by atoms with Crippen LogP contribution in [0.25, 0.3) is 10.9 Å². The molecule has 1 aliphatic heterocycles. The Morgan fingerprint density at radius 1 is 1.30 bits per heavy atom. The maximum absolute atomic E-state index is 12.5. The van der Waals surface area contributed by atoms with E-state index in [1.807, 2.05) is 30.5 Å². The highest BCUT2D eigenvalue weighted by Gasteiger charge is 2.23. The molecule has 4 N–H and O–H groups in total. The van der Waals surface area contributed by atoms with Crippen LogP contribution in [-0.4, -0.2) is 47.4 Å². The number of para-hydroxylation sites is 1. The average Bonchev–Trinajstić information content (AvgIpc) is 3.14. The zero-order chi connectivity index (χ0) is 21.5. The fraction of sp³-hybridized carbons (Fsp3) is 0.318. The predicted octanol–water partition coefficient (Wildman–Crippen LogP) is 1.59. The fourth-order valence-electron chi connectivity index (χ4n) is 3.40. The van der Waals surface area contributed by atoms with Gasteiger partial charge in [0.05, 0.1) is 12.5 Å². The Morgan fingerprint density at radius 2 is 2.10 bits per heavy atom. The van der Waals surface area contributed by atoms with E-state index in [1.165, 1.54) is 0 Å². The van der Waals surface area contributed by atoms with Gasteiger partial charge in [-0.15, -0.1) is 0 Å². The van der Waals surface area contributed by atoms with E-state index < -0.39 is 11.8 Å². The molecule has 1 atom stereocenters. The van der Waals surface area contributed by atoms with Crippen molar-refractivity contribution in [3.05, 3.63) is 60.1 Å². The Balaban J connectivity index is 1.63. The predicted molar refractivity (Wildman–Crippen MR) is 113 cm³/mol. The largest absolute Gasteiger partial charge is 0.466 e. The van der Waals surface area contributed by atoms with Crippen LogP contribution in [0.2, 0.25) is 0 Å². The third kappa shape index (κ3) is 5.28. The maximum Gasteiger partial charge on any atom is 0.311 e. The minimum atomic E-state index is -0.512. The number of carbonyl (C=O) groups excluding carboxylic acids is 3. The van der Waals surface area contributed by atoms with E-state index in [2.05, 4.69) is 10.3 Å². The second-order valence-electron chi connectivity index (χ2n) is 7.10. The van der Waals surface area contributed by atoms with Crippen LogP contribution < -0.4 is 11.1 Å². The number of allylic oxidation sites excluding steroid dienone is 1. The number of primary amides is 1. The molecule has 0 fully saturated rings. The summed E-state index contributed by atoms with van der Waals surface area (Å²) >= 11 is 0. The van der Waals surface area contributed by atoms with Crippen molar-refractivity contribution >= 4 is 28.7 Å². The van der Waals surface area contributed by atoms with Gasteiger partial charge in [0.1, 0.15) is 6.54 Å². The van der Waals surface area contributed by atoms with Crippen molar-refractivity contribution in [2.75, 3.05) is 19.7 Å². The van der Waals surface area contributed by atoms with Crippen molar-refractivity contribution in [1.29, 1.82) is 0 Å². The molecule has 0 spiro atoms. The van der Waals surface area contributed by atoms with Crippen LogP contribution in [0.5, 0.6) is 0 Å². The van der Waals surface area contributed by atoms with Crippen molar-refractivity contribution in [2.24, 2.45) is 11.7 Å². The number of amides is 2. The van der Waals surface area contributed by atoms with Gasteiger partial charge < -0.3 is 25.7 Å². The van der Waals surface area contributed by atoms with E-state index in [4.69, 9.17) is 10.5 Å². The number of rotatable bonds is 9. The first kappa shape index (κ1) is 21.2. The number of hydrogen-bond acceptors (Lipinski definition) is 5. The molecule has 2 amide bonds. The van der Waals surface area contributed by atoms with Crippen LogP contribution in [0.15, 0.2) is 54.5 Å². The molecular formula is C22H26N4O4. The highest BCUT2D eigenvalue weighted by atomic mass is 16.5. The van der Waals surface area contributed by atoms with Crippen LogP contribution in [-0.2, 0) is 25.5 Å². The number of H-pyrrole nitrogens is 1. The van der Waals surface area contributed by atoms with Gasteiger partial charge in [-0.05, 0) is 31.4 Å². The Labute approximate surface area is 174 Å². The number of fused-ring (bicyclic) bond motifs is 1. The molecule has 2 aromatic rings. The summed E-state index contributed by atoms with van der Waals surface area (Å²) in [6, 6.07) is 7.85. The lowest BCUT2D eigenvalue weighted by Gasteiger charge is -2.21. The van der Waals surface area contributed by atoms with Crippen LogP contribution in [0.1, 0.15) is 18.9 Å². The van der Waals surface area contributed by atoms with Gasteiger partial charge >= 0.3 is 5.97 Å². The van der Waals surface area contributed by atoms with E-state index in [0.717, 1.165) is 16.5 Å². The number of aromatic amines is 1. The summed E-state index contributed by atoms with van der Waals surface area (Å²) in [5, 5.41) is 3.85. The topological polar surface area (TPSA) is 118 Å². The first-order valence-electron chi connectivity index (χ1n) is 9.89. The lowest BCUT2D eigenvalue weighted by atomic mass is 9.98. The summed E-state index contributed by atoms with van der Waals surface area (Å²) < 4.78 is 5.20. The number of nitrogens with zero attached hydrogens (tertiary/aromatic N) is 1. The van der Waals surface area contributed by atoms with Gasteiger partial charge in [-0.3, -0.25) is 14.4 Å². The summed E-state index contributed by atoms with van der Waals surface area (Å²) in [6.45, 7) is 2.21. The first-order valence-corrected chi connectivity index (χ1v) is 9.89. The number of nitrogens with two attached hydrogens (primary N) is 1. The lowest BCUT2D eigenvalue weighted by Crippen LogP contribution is -2.39. The van der Waals surface area contributed by atoms with E-state index in [1.54, 1.807) is 30.3 Å². The second-order valence-corrected chi connectivity index (χ2v) is 7.10. The number of nitrogens with one attached hydrogen (secondary N) is 2. The molecule has 1 aromatic heterocycles. The van der Waals surface area contributed by atoms with Crippen molar-refractivity contribution < 1.29 is 19.1 Å². The van der Waals surface area contributed by atoms with E-state index in [0.29, 0.717) is 18.4 Å². The van der Waals surface area contributed by atoms with Gasteiger partial charge in [-0.1, -0.05) is 24.3 Å². The van der Waals surface area contributed by atoms with Crippen LogP contribution in [0.3, 0.4) is 0 Å². The number of esters is 1. The van der Waals surface area contributed by atoms with E-state index in [9.17, 15) is 14.4 Å². The number of hydrogen-bond donors (Lipinski definition) is 3. The number of ether oxygens (including phenoxy) is 1. The number of benzene rings is 1. The Morgan fingerprint density at radius 3 is 2.87 bits per heavy atom. The van der Waals surface area contributed by atoms with Gasteiger partial charge in [-0.25, -0.2) is 0 Å². The number of carbonyl (C=O) groups is 3. The molecule has 30 heavy (non-hydrogen) atoms. The fourth-order valence-corrected chi connectivity index (χ4v) is 3.40. The Bertz CT molecular complexity index is 992. The monoisotopic (exact) mass is 410 g/mol. The summed E-state index contributed by atoms with van der Waals surface area (Å²) in [7, 11) is 0. The molecule has 1 aliphatic rings. The van der Waals surface area contributed by atoms with Gasteiger partial charge in [-0.2, -0.15) is 0 Å². The quantitative estimate of drug-likeness (QED) is 0.543. The Hall–Kier alpha value is -3.55. The maximum atomic E-state index is 12.5. The zero-order valence-electron chi connectivity index (χ0n) is 16.9. The third-order valence-electron chi connectivity index (χ3n) is 4.91. The molecule has 3 rings (SSSR count). The Kier molecular flexibility index (Phi) is 6.90. The summed E-state index contributed by atoms with van der Waals surface area (Å²) in [5.74, 6) is -1.64. The molecule has 0 radical (unpaired) electrons. The smallest absolute Gasteiger partial charge is 0.311 e. The third-order valence-corrected chi connectivity index (χ3v) is 4.91. The minimum Gasteiger partial charge on any atom is -0.466 e. The second kappa shape index (κ2) is 9.78. The minimum absolute atomic E-state index is 0.0237.